The van der Waals surface area contributed by atoms with Gasteiger partial charge >= 0.3 is 0 Å². The average Bonchev–Trinajstić information content (AvgIpc) is 3.17. The first-order chi connectivity index (χ1) is 12.8. The van der Waals surface area contributed by atoms with Crippen molar-refractivity contribution in [3.8, 4) is 5.75 Å². The fraction of sp³-hybridized carbons (Fsp3) is 0.500. The maximum Gasteiger partial charge on any atom is 0.262 e. The van der Waals surface area contributed by atoms with Crippen molar-refractivity contribution in [2.75, 3.05) is 26.9 Å². The summed E-state index contributed by atoms with van der Waals surface area (Å²) in [5, 5.41) is 0.00348. The van der Waals surface area contributed by atoms with Crippen molar-refractivity contribution >= 4 is 10.0 Å². The predicted molar refractivity (Wildman–Crippen MR) is 95.3 cm³/mol. The molecule has 0 radical (unpaired) electrons. The van der Waals surface area contributed by atoms with Crippen molar-refractivity contribution < 1.29 is 22.3 Å². The minimum Gasteiger partial charge on any atom is -0.493 e. The molecular formula is C18H22FN3O4S. The molecule has 3 heterocycles. The van der Waals surface area contributed by atoms with E-state index >= 15 is 0 Å². The SMILES string of the molecule is COC[C@@H]1CN(S(=O)(=O)c2cn(C)c(C)n2)[C@H]2c3cc(F)ccc3OC[C@@H]12. The standard InChI is InChI=1S/C18H22FN3O4S/c1-11-20-17(8-21(11)2)27(23,24)22-7-12(9-25-3)15-10-26-16-5-4-13(19)6-14(16)18(15)22/h4-6,8,12,15,18H,7,9-10H2,1-3H3/t12-,15-,18-/m0/s1. The minimum atomic E-state index is -3.85. The van der Waals surface area contributed by atoms with Gasteiger partial charge in [0.2, 0.25) is 0 Å². The molecule has 3 atom stereocenters. The molecule has 1 saturated heterocycles. The Labute approximate surface area is 157 Å². The van der Waals surface area contributed by atoms with Gasteiger partial charge < -0.3 is 14.0 Å². The molecule has 0 saturated carbocycles. The van der Waals surface area contributed by atoms with E-state index in [1.165, 1.54) is 22.6 Å². The number of halogens is 1. The number of hydrogen-bond donors (Lipinski definition) is 0. The van der Waals surface area contributed by atoms with Crippen LogP contribution in [0.5, 0.6) is 5.75 Å². The number of benzene rings is 1. The Morgan fingerprint density at radius 2 is 2.19 bits per heavy atom. The summed E-state index contributed by atoms with van der Waals surface area (Å²) in [6.07, 6.45) is 1.51. The van der Waals surface area contributed by atoms with Crippen LogP contribution in [0.2, 0.25) is 0 Å². The maximum atomic E-state index is 13.9. The highest BCUT2D eigenvalue weighted by atomic mass is 32.2. The molecule has 0 amide bonds. The molecule has 0 bridgehead atoms. The summed E-state index contributed by atoms with van der Waals surface area (Å²) in [5.74, 6) is 0.554. The highest BCUT2D eigenvalue weighted by Crippen LogP contribution is 2.49. The molecule has 2 aliphatic heterocycles. The number of nitrogens with zero attached hydrogens (tertiary/aromatic N) is 3. The third-order valence-electron chi connectivity index (χ3n) is 5.50. The van der Waals surface area contributed by atoms with Crippen LogP contribution in [0.3, 0.4) is 0 Å². The molecule has 146 valence electrons. The smallest absolute Gasteiger partial charge is 0.262 e. The van der Waals surface area contributed by atoms with Crippen LogP contribution in [0.4, 0.5) is 4.39 Å². The van der Waals surface area contributed by atoms with E-state index in [-0.39, 0.29) is 23.4 Å². The fourth-order valence-electron chi connectivity index (χ4n) is 4.04. The molecule has 2 aromatic rings. The highest BCUT2D eigenvalue weighted by Gasteiger charge is 2.51. The zero-order valence-electron chi connectivity index (χ0n) is 15.4. The molecule has 0 aliphatic carbocycles. The van der Waals surface area contributed by atoms with Gasteiger partial charge in [0.1, 0.15) is 17.4 Å². The highest BCUT2D eigenvalue weighted by molar-refractivity contribution is 7.89. The molecule has 0 spiro atoms. The van der Waals surface area contributed by atoms with Crippen LogP contribution in [-0.4, -0.2) is 49.1 Å². The molecule has 7 nitrogen and oxygen atoms in total. The van der Waals surface area contributed by atoms with Gasteiger partial charge in [-0.3, -0.25) is 0 Å². The Morgan fingerprint density at radius 3 is 2.85 bits per heavy atom. The number of imidazole rings is 1. The topological polar surface area (TPSA) is 73.7 Å². The summed E-state index contributed by atoms with van der Waals surface area (Å²) < 4.78 is 54.9. The van der Waals surface area contributed by atoms with Gasteiger partial charge in [-0.25, -0.2) is 17.8 Å². The fourth-order valence-corrected chi connectivity index (χ4v) is 5.78. The number of ether oxygens (including phenoxy) is 2. The van der Waals surface area contributed by atoms with E-state index in [1.807, 2.05) is 0 Å². The maximum absolute atomic E-state index is 13.9. The lowest BCUT2D eigenvalue weighted by Gasteiger charge is -2.33. The number of methoxy groups -OCH3 is 1. The Kier molecular flexibility index (Phi) is 4.48. The van der Waals surface area contributed by atoms with E-state index in [4.69, 9.17) is 9.47 Å². The number of aryl methyl sites for hydroxylation is 2. The molecular weight excluding hydrogens is 373 g/mol. The summed E-state index contributed by atoms with van der Waals surface area (Å²) in [5.41, 5.74) is 0.557. The number of aromatic nitrogens is 2. The lowest BCUT2D eigenvalue weighted by atomic mass is 9.86. The van der Waals surface area contributed by atoms with Gasteiger partial charge in [0.15, 0.2) is 5.03 Å². The van der Waals surface area contributed by atoms with Gasteiger partial charge in [0.25, 0.3) is 10.0 Å². The van der Waals surface area contributed by atoms with E-state index < -0.39 is 21.9 Å². The third-order valence-corrected chi connectivity index (χ3v) is 7.22. The number of rotatable bonds is 4. The predicted octanol–water partition coefficient (Wildman–Crippen LogP) is 1.88. The summed E-state index contributed by atoms with van der Waals surface area (Å²) in [7, 11) is -0.510. The van der Waals surface area contributed by atoms with Gasteiger partial charge in [0, 0.05) is 44.3 Å². The zero-order chi connectivity index (χ0) is 19.3. The molecule has 0 unspecified atom stereocenters. The molecule has 1 aromatic carbocycles. The van der Waals surface area contributed by atoms with Gasteiger partial charge in [-0.2, -0.15) is 4.31 Å². The second kappa shape index (κ2) is 6.57. The molecule has 1 fully saturated rings. The Balaban J connectivity index is 1.82. The van der Waals surface area contributed by atoms with Crippen LogP contribution in [0, 0.1) is 24.6 Å². The van der Waals surface area contributed by atoms with Crippen LogP contribution >= 0.6 is 0 Å². The number of hydrogen-bond acceptors (Lipinski definition) is 5. The van der Waals surface area contributed by atoms with Crippen LogP contribution in [0.15, 0.2) is 29.4 Å². The number of sulfonamides is 1. The summed E-state index contributed by atoms with van der Waals surface area (Å²) in [6.45, 7) is 2.80. The Morgan fingerprint density at radius 1 is 1.41 bits per heavy atom. The summed E-state index contributed by atoms with van der Waals surface area (Å²) in [6, 6.07) is 3.74. The first-order valence-electron chi connectivity index (χ1n) is 8.76. The molecule has 9 heteroatoms. The zero-order valence-corrected chi connectivity index (χ0v) is 16.2. The number of fused-ring (bicyclic) bond motifs is 3. The molecule has 27 heavy (non-hydrogen) atoms. The van der Waals surface area contributed by atoms with Crippen molar-refractivity contribution in [3.05, 3.63) is 41.6 Å². The first kappa shape index (κ1) is 18.4. The van der Waals surface area contributed by atoms with Crippen LogP contribution in [0.1, 0.15) is 17.4 Å². The van der Waals surface area contributed by atoms with E-state index in [9.17, 15) is 12.8 Å². The minimum absolute atomic E-state index is 0.00348. The molecule has 4 rings (SSSR count). The van der Waals surface area contributed by atoms with Crippen molar-refractivity contribution in [1.29, 1.82) is 0 Å². The second-order valence-electron chi connectivity index (χ2n) is 7.13. The average molecular weight is 395 g/mol. The quantitative estimate of drug-likeness (QED) is 0.790. The van der Waals surface area contributed by atoms with Crippen LogP contribution < -0.4 is 4.74 Å². The normalized spacial score (nSPS) is 25.1. The molecule has 2 aliphatic rings. The van der Waals surface area contributed by atoms with Crippen LogP contribution in [-0.2, 0) is 21.8 Å². The van der Waals surface area contributed by atoms with E-state index in [1.54, 1.807) is 31.7 Å². The van der Waals surface area contributed by atoms with E-state index in [0.717, 1.165) is 0 Å². The van der Waals surface area contributed by atoms with Crippen molar-refractivity contribution in [2.24, 2.45) is 18.9 Å². The van der Waals surface area contributed by atoms with E-state index in [2.05, 4.69) is 4.98 Å². The summed E-state index contributed by atoms with van der Waals surface area (Å²) >= 11 is 0. The monoisotopic (exact) mass is 395 g/mol. The Hall–Kier alpha value is -1.97. The van der Waals surface area contributed by atoms with Crippen molar-refractivity contribution in [2.45, 2.75) is 18.0 Å². The second-order valence-corrected chi connectivity index (χ2v) is 8.97. The van der Waals surface area contributed by atoms with E-state index in [0.29, 0.717) is 30.4 Å². The van der Waals surface area contributed by atoms with Crippen LogP contribution in [0.25, 0.3) is 0 Å². The lowest BCUT2D eigenvalue weighted by Crippen LogP contribution is -2.35. The molecule has 0 N–H and O–H groups in total. The van der Waals surface area contributed by atoms with Gasteiger partial charge in [0.05, 0.1) is 19.3 Å². The third kappa shape index (κ3) is 2.94. The summed E-state index contributed by atoms with van der Waals surface area (Å²) in [4.78, 5) is 4.21. The van der Waals surface area contributed by atoms with Gasteiger partial charge in [-0.1, -0.05) is 0 Å². The van der Waals surface area contributed by atoms with Gasteiger partial charge in [-0.05, 0) is 25.1 Å². The van der Waals surface area contributed by atoms with Gasteiger partial charge in [-0.15, -0.1) is 0 Å². The lowest BCUT2D eigenvalue weighted by molar-refractivity contribution is 0.101. The van der Waals surface area contributed by atoms with Crippen molar-refractivity contribution in [3.63, 3.8) is 0 Å². The molecule has 1 aromatic heterocycles. The first-order valence-corrected chi connectivity index (χ1v) is 10.2. The van der Waals surface area contributed by atoms with Crippen molar-refractivity contribution in [1.82, 2.24) is 13.9 Å². The Bertz CT molecular complexity index is 955. The largest absolute Gasteiger partial charge is 0.493 e.